The lowest BCUT2D eigenvalue weighted by molar-refractivity contribution is 0.415. The summed E-state index contributed by atoms with van der Waals surface area (Å²) < 4.78 is 5.40. The Labute approximate surface area is 124 Å². The van der Waals surface area contributed by atoms with Crippen LogP contribution in [0, 0.1) is 0 Å². The van der Waals surface area contributed by atoms with Crippen LogP contribution >= 0.6 is 0 Å². The molecule has 1 heteroatoms. The maximum atomic E-state index is 5.40. The van der Waals surface area contributed by atoms with Crippen LogP contribution in [0.5, 0.6) is 5.75 Å². The molecular formula is C20H16O. The molecular weight excluding hydrogens is 256 g/mol. The maximum Gasteiger partial charge on any atom is 0.119 e. The second-order valence-electron chi connectivity index (χ2n) is 5.38. The minimum atomic E-state index is 0.323. The van der Waals surface area contributed by atoms with Crippen LogP contribution in [-0.4, -0.2) is 7.11 Å². The van der Waals surface area contributed by atoms with Crippen LogP contribution in [0.25, 0.3) is 11.1 Å². The van der Waals surface area contributed by atoms with Gasteiger partial charge >= 0.3 is 0 Å². The van der Waals surface area contributed by atoms with Gasteiger partial charge < -0.3 is 4.74 Å². The average molecular weight is 272 g/mol. The van der Waals surface area contributed by atoms with E-state index in [0.717, 1.165) is 5.75 Å². The first-order chi connectivity index (χ1) is 10.4. The molecule has 21 heavy (non-hydrogen) atoms. The van der Waals surface area contributed by atoms with Crippen molar-refractivity contribution in [3.05, 3.63) is 89.5 Å². The molecule has 3 aromatic carbocycles. The van der Waals surface area contributed by atoms with E-state index < -0.39 is 0 Å². The quantitative estimate of drug-likeness (QED) is 0.506. The Bertz CT molecular complexity index is 790. The van der Waals surface area contributed by atoms with Gasteiger partial charge in [-0.05, 0) is 39.9 Å². The first-order valence-electron chi connectivity index (χ1n) is 7.20. The van der Waals surface area contributed by atoms with Gasteiger partial charge in [-0.1, -0.05) is 60.7 Å². The fourth-order valence-corrected chi connectivity index (χ4v) is 3.31. The van der Waals surface area contributed by atoms with E-state index in [2.05, 4.69) is 72.8 Å². The largest absolute Gasteiger partial charge is 0.497 e. The molecule has 0 saturated carbocycles. The first-order valence-corrected chi connectivity index (χ1v) is 7.20. The van der Waals surface area contributed by atoms with Gasteiger partial charge in [-0.3, -0.25) is 0 Å². The monoisotopic (exact) mass is 272 g/mol. The molecule has 1 aliphatic rings. The second-order valence-corrected chi connectivity index (χ2v) is 5.38. The Morgan fingerprint density at radius 1 is 0.714 bits per heavy atom. The molecule has 1 atom stereocenters. The third kappa shape index (κ3) is 1.85. The van der Waals surface area contributed by atoms with E-state index in [9.17, 15) is 0 Å². The van der Waals surface area contributed by atoms with Gasteiger partial charge in [0.15, 0.2) is 0 Å². The molecule has 3 aromatic rings. The highest BCUT2D eigenvalue weighted by Gasteiger charge is 2.29. The van der Waals surface area contributed by atoms with Gasteiger partial charge in [0.05, 0.1) is 7.11 Å². The number of benzene rings is 3. The van der Waals surface area contributed by atoms with Crippen molar-refractivity contribution < 1.29 is 4.74 Å². The zero-order valence-corrected chi connectivity index (χ0v) is 11.9. The molecule has 0 radical (unpaired) electrons. The maximum absolute atomic E-state index is 5.40. The summed E-state index contributed by atoms with van der Waals surface area (Å²) in [6, 6.07) is 25.8. The highest BCUT2D eigenvalue weighted by atomic mass is 16.5. The van der Waals surface area contributed by atoms with E-state index in [0.29, 0.717) is 5.92 Å². The Morgan fingerprint density at radius 2 is 1.43 bits per heavy atom. The second kappa shape index (κ2) is 4.78. The van der Waals surface area contributed by atoms with Gasteiger partial charge in [0.1, 0.15) is 5.75 Å². The smallest absolute Gasteiger partial charge is 0.119 e. The fraction of sp³-hybridized carbons (Fsp3) is 0.100. The van der Waals surface area contributed by atoms with Crippen LogP contribution in [-0.2, 0) is 0 Å². The standard InChI is InChI=1S/C20H16O/c1-21-15-11-12-18-19(13-15)16-9-5-6-10-17(16)20(18)14-7-3-2-4-8-14/h2-13,20H,1H3. The molecule has 102 valence electrons. The minimum Gasteiger partial charge on any atom is -0.497 e. The van der Waals surface area contributed by atoms with Crippen LogP contribution in [0.15, 0.2) is 72.8 Å². The van der Waals surface area contributed by atoms with Crippen LogP contribution < -0.4 is 4.74 Å². The van der Waals surface area contributed by atoms with E-state index in [1.54, 1.807) is 7.11 Å². The van der Waals surface area contributed by atoms with Gasteiger partial charge in [0.25, 0.3) is 0 Å². The summed E-state index contributed by atoms with van der Waals surface area (Å²) >= 11 is 0. The summed E-state index contributed by atoms with van der Waals surface area (Å²) in [7, 11) is 1.72. The summed E-state index contributed by atoms with van der Waals surface area (Å²) in [5, 5.41) is 0. The molecule has 0 amide bonds. The number of rotatable bonds is 2. The summed E-state index contributed by atoms with van der Waals surface area (Å²) in [6.45, 7) is 0. The van der Waals surface area contributed by atoms with E-state index >= 15 is 0 Å². The molecule has 0 saturated heterocycles. The molecule has 0 bridgehead atoms. The zero-order valence-electron chi connectivity index (χ0n) is 11.9. The van der Waals surface area contributed by atoms with Crippen molar-refractivity contribution in [2.24, 2.45) is 0 Å². The van der Waals surface area contributed by atoms with Gasteiger partial charge in [-0.15, -0.1) is 0 Å². The van der Waals surface area contributed by atoms with Crippen molar-refractivity contribution in [3.8, 4) is 16.9 Å². The lowest BCUT2D eigenvalue weighted by atomic mass is 9.89. The molecule has 0 spiro atoms. The minimum absolute atomic E-state index is 0.323. The lowest BCUT2D eigenvalue weighted by Gasteiger charge is -2.14. The number of hydrogen-bond donors (Lipinski definition) is 0. The van der Waals surface area contributed by atoms with Crippen molar-refractivity contribution in [1.29, 1.82) is 0 Å². The van der Waals surface area contributed by atoms with Crippen LogP contribution in [0.2, 0.25) is 0 Å². The van der Waals surface area contributed by atoms with Gasteiger partial charge in [0, 0.05) is 5.92 Å². The van der Waals surface area contributed by atoms with Crippen LogP contribution in [0.1, 0.15) is 22.6 Å². The first kappa shape index (κ1) is 12.2. The molecule has 0 fully saturated rings. The predicted octanol–water partition coefficient (Wildman–Crippen LogP) is 4.86. The highest BCUT2D eigenvalue weighted by molar-refractivity contribution is 5.81. The summed E-state index contributed by atoms with van der Waals surface area (Å²) in [5.74, 6) is 1.24. The Hall–Kier alpha value is -2.54. The molecule has 0 heterocycles. The number of hydrogen-bond acceptors (Lipinski definition) is 1. The van der Waals surface area contributed by atoms with Crippen molar-refractivity contribution in [2.75, 3.05) is 7.11 Å². The molecule has 1 aliphatic carbocycles. The van der Waals surface area contributed by atoms with Crippen molar-refractivity contribution in [3.63, 3.8) is 0 Å². The van der Waals surface area contributed by atoms with Crippen LogP contribution in [0.4, 0.5) is 0 Å². The van der Waals surface area contributed by atoms with Gasteiger partial charge in [-0.25, -0.2) is 0 Å². The van der Waals surface area contributed by atoms with Crippen molar-refractivity contribution in [2.45, 2.75) is 5.92 Å². The third-order valence-corrected chi connectivity index (χ3v) is 4.27. The highest BCUT2D eigenvalue weighted by Crippen LogP contribution is 2.48. The molecule has 0 aromatic heterocycles. The lowest BCUT2D eigenvalue weighted by Crippen LogP contribution is -1.98. The molecule has 1 nitrogen and oxygen atoms in total. The number of methoxy groups -OCH3 is 1. The normalized spacial score (nSPS) is 15.4. The van der Waals surface area contributed by atoms with Crippen LogP contribution in [0.3, 0.4) is 0 Å². The third-order valence-electron chi connectivity index (χ3n) is 4.27. The topological polar surface area (TPSA) is 9.23 Å². The van der Waals surface area contributed by atoms with Gasteiger partial charge in [-0.2, -0.15) is 0 Å². The average Bonchev–Trinajstić information content (AvgIpc) is 2.89. The number of ether oxygens (including phenoxy) is 1. The Morgan fingerprint density at radius 3 is 2.24 bits per heavy atom. The Kier molecular flexibility index (Phi) is 2.78. The zero-order chi connectivity index (χ0) is 14.2. The fourth-order valence-electron chi connectivity index (χ4n) is 3.31. The predicted molar refractivity (Wildman–Crippen MR) is 85.8 cm³/mol. The summed E-state index contributed by atoms with van der Waals surface area (Å²) in [5.41, 5.74) is 6.70. The summed E-state index contributed by atoms with van der Waals surface area (Å²) in [4.78, 5) is 0. The molecule has 1 unspecified atom stereocenters. The van der Waals surface area contributed by atoms with E-state index in [-0.39, 0.29) is 0 Å². The van der Waals surface area contributed by atoms with Gasteiger partial charge in [0.2, 0.25) is 0 Å². The Balaban J connectivity index is 1.98. The SMILES string of the molecule is COc1ccc2c(c1)-c1ccccc1C2c1ccccc1. The van der Waals surface area contributed by atoms with Crippen molar-refractivity contribution >= 4 is 0 Å². The molecule has 0 N–H and O–H groups in total. The molecule has 4 rings (SSSR count). The van der Waals surface area contributed by atoms with E-state index in [4.69, 9.17) is 4.74 Å². The van der Waals surface area contributed by atoms with E-state index in [1.165, 1.54) is 27.8 Å². The van der Waals surface area contributed by atoms with E-state index in [1.807, 2.05) is 0 Å². The summed E-state index contributed by atoms with van der Waals surface area (Å²) in [6.07, 6.45) is 0. The van der Waals surface area contributed by atoms with Crippen molar-refractivity contribution in [1.82, 2.24) is 0 Å². The number of fused-ring (bicyclic) bond motifs is 3. The molecule has 0 aliphatic heterocycles.